The molecule has 2 aromatic rings. The minimum atomic E-state index is -0.0634. The van der Waals surface area contributed by atoms with E-state index in [1.807, 2.05) is 12.1 Å². The van der Waals surface area contributed by atoms with Gasteiger partial charge in [0, 0.05) is 17.1 Å². The summed E-state index contributed by atoms with van der Waals surface area (Å²) in [4.78, 5) is 0. The maximum Gasteiger partial charge on any atom is 0.126 e. The van der Waals surface area contributed by atoms with E-state index in [4.69, 9.17) is 0 Å². The zero-order valence-electron chi connectivity index (χ0n) is 9.40. The highest BCUT2D eigenvalue weighted by atomic mass is 32.1. The molecule has 3 rings (SSSR count). The fourth-order valence-corrected chi connectivity index (χ4v) is 2.98. The van der Waals surface area contributed by atoms with Crippen molar-refractivity contribution in [2.75, 3.05) is 5.32 Å². The van der Waals surface area contributed by atoms with Crippen LogP contribution in [0.3, 0.4) is 0 Å². The van der Waals surface area contributed by atoms with Crippen LogP contribution in [0.5, 0.6) is 0 Å². The molecular formula is C14H14FNS. The summed E-state index contributed by atoms with van der Waals surface area (Å²) in [6, 6.07) is 9.70. The molecule has 1 aliphatic carbocycles. The molecule has 1 saturated carbocycles. The third kappa shape index (κ3) is 2.20. The first-order valence-electron chi connectivity index (χ1n) is 5.86. The van der Waals surface area contributed by atoms with Crippen LogP contribution >= 0.6 is 11.3 Å². The van der Waals surface area contributed by atoms with Crippen molar-refractivity contribution in [1.82, 2.24) is 0 Å². The number of halogens is 1. The maximum atomic E-state index is 13.5. The van der Waals surface area contributed by atoms with Crippen molar-refractivity contribution < 1.29 is 4.39 Å². The van der Waals surface area contributed by atoms with Crippen molar-refractivity contribution in [3.63, 3.8) is 0 Å². The zero-order chi connectivity index (χ0) is 11.7. The van der Waals surface area contributed by atoms with E-state index in [9.17, 15) is 4.39 Å². The van der Waals surface area contributed by atoms with E-state index in [0.29, 0.717) is 12.0 Å². The molecule has 0 bridgehead atoms. The topological polar surface area (TPSA) is 12.0 Å². The van der Waals surface area contributed by atoms with Gasteiger partial charge in [-0.1, -0.05) is 18.2 Å². The van der Waals surface area contributed by atoms with E-state index in [1.54, 1.807) is 23.5 Å². The summed E-state index contributed by atoms with van der Waals surface area (Å²) in [6.07, 6.45) is 2.05. The predicted molar refractivity (Wildman–Crippen MR) is 70.1 cm³/mol. The van der Waals surface area contributed by atoms with Crippen LogP contribution in [0, 0.1) is 5.82 Å². The Balaban J connectivity index is 1.60. The van der Waals surface area contributed by atoms with Crippen LogP contribution in [0.25, 0.3) is 0 Å². The SMILES string of the molecule is Fc1ccccc1C1CC(Nc2ccsc2)C1. The summed E-state index contributed by atoms with van der Waals surface area (Å²) in [5.41, 5.74) is 2.06. The maximum absolute atomic E-state index is 13.5. The van der Waals surface area contributed by atoms with Crippen molar-refractivity contribution in [3.05, 3.63) is 52.5 Å². The molecule has 0 unspecified atom stereocenters. The Kier molecular flexibility index (Phi) is 2.85. The summed E-state index contributed by atoms with van der Waals surface area (Å²) in [5.74, 6) is 0.318. The number of benzene rings is 1. The Hall–Kier alpha value is -1.35. The molecule has 1 aromatic carbocycles. The van der Waals surface area contributed by atoms with E-state index in [1.165, 1.54) is 5.69 Å². The summed E-state index contributed by atoms with van der Waals surface area (Å²) in [7, 11) is 0. The standard InChI is InChI=1S/C14H14FNS/c15-14-4-2-1-3-13(14)10-7-12(8-10)16-11-5-6-17-9-11/h1-6,9-10,12,16H,7-8H2. The molecule has 0 amide bonds. The average molecular weight is 247 g/mol. The van der Waals surface area contributed by atoms with Crippen LogP contribution in [0.2, 0.25) is 0 Å². The molecule has 17 heavy (non-hydrogen) atoms. The molecule has 0 saturated heterocycles. The van der Waals surface area contributed by atoms with Gasteiger partial charge in [0.2, 0.25) is 0 Å². The molecule has 0 atom stereocenters. The molecule has 0 radical (unpaired) electrons. The Labute approximate surface area is 104 Å². The molecule has 1 N–H and O–H groups in total. The molecule has 1 fully saturated rings. The van der Waals surface area contributed by atoms with Gasteiger partial charge in [-0.15, -0.1) is 0 Å². The highest BCUT2D eigenvalue weighted by Gasteiger charge is 2.31. The summed E-state index contributed by atoms with van der Waals surface area (Å²) >= 11 is 1.69. The first kappa shape index (κ1) is 10.8. The van der Waals surface area contributed by atoms with Gasteiger partial charge in [-0.25, -0.2) is 4.39 Å². The van der Waals surface area contributed by atoms with Crippen molar-refractivity contribution in [3.8, 4) is 0 Å². The first-order chi connectivity index (χ1) is 8.33. The van der Waals surface area contributed by atoms with Crippen LogP contribution in [-0.2, 0) is 0 Å². The van der Waals surface area contributed by atoms with E-state index in [2.05, 4.69) is 22.1 Å². The smallest absolute Gasteiger partial charge is 0.126 e. The second kappa shape index (κ2) is 4.49. The van der Waals surface area contributed by atoms with Gasteiger partial charge in [-0.05, 0) is 41.8 Å². The molecule has 3 heteroatoms. The van der Waals surface area contributed by atoms with Crippen LogP contribution in [0.15, 0.2) is 41.1 Å². The highest BCUT2D eigenvalue weighted by Crippen LogP contribution is 2.39. The van der Waals surface area contributed by atoms with Crippen molar-refractivity contribution in [2.45, 2.75) is 24.8 Å². The quantitative estimate of drug-likeness (QED) is 0.855. The summed E-state index contributed by atoms with van der Waals surface area (Å²) in [5, 5.41) is 7.64. The van der Waals surface area contributed by atoms with Gasteiger partial charge in [0.05, 0.1) is 0 Å². The van der Waals surface area contributed by atoms with E-state index < -0.39 is 0 Å². The van der Waals surface area contributed by atoms with Crippen LogP contribution in [-0.4, -0.2) is 6.04 Å². The number of hydrogen-bond donors (Lipinski definition) is 1. The lowest BCUT2D eigenvalue weighted by molar-refractivity contribution is 0.363. The normalized spacial score (nSPS) is 23.1. The second-order valence-corrected chi connectivity index (χ2v) is 5.32. The number of anilines is 1. The van der Waals surface area contributed by atoms with Crippen molar-refractivity contribution in [1.29, 1.82) is 0 Å². The fraction of sp³-hybridized carbons (Fsp3) is 0.286. The largest absolute Gasteiger partial charge is 0.382 e. The van der Waals surface area contributed by atoms with E-state index >= 15 is 0 Å². The molecule has 1 aliphatic rings. The summed E-state index contributed by atoms with van der Waals surface area (Å²) in [6.45, 7) is 0. The molecule has 1 nitrogen and oxygen atoms in total. The van der Waals surface area contributed by atoms with Gasteiger partial charge < -0.3 is 5.32 Å². The molecule has 88 valence electrons. The minimum Gasteiger partial charge on any atom is -0.382 e. The van der Waals surface area contributed by atoms with Gasteiger partial charge in [-0.2, -0.15) is 11.3 Å². The Morgan fingerprint density at radius 2 is 2.00 bits per heavy atom. The molecule has 1 heterocycles. The number of hydrogen-bond acceptors (Lipinski definition) is 2. The molecule has 1 aromatic heterocycles. The lowest BCUT2D eigenvalue weighted by atomic mass is 9.75. The van der Waals surface area contributed by atoms with E-state index in [0.717, 1.165) is 18.4 Å². The van der Waals surface area contributed by atoms with E-state index in [-0.39, 0.29) is 5.82 Å². The van der Waals surface area contributed by atoms with Gasteiger partial charge in [0.1, 0.15) is 5.82 Å². The van der Waals surface area contributed by atoms with Gasteiger partial charge in [0.25, 0.3) is 0 Å². The lowest BCUT2D eigenvalue weighted by Gasteiger charge is -2.36. The predicted octanol–water partition coefficient (Wildman–Crippen LogP) is 4.25. The molecule has 0 spiro atoms. The third-order valence-corrected chi connectivity index (χ3v) is 4.06. The number of thiophene rings is 1. The highest BCUT2D eigenvalue weighted by molar-refractivity contribution is 7.08. The van der Waals surface area contributed by atoms with Crippen LogP contribution < -0.4 is 5.32 Å². The van der Waals surface area contributed by atoms with Crippen LogP contribution in [0.4, 0.5) is 10.1 Å². The van der Waals surface area contributed by atoms with Crippen molar-refractivity contribution in [2.24, 2.45) is 0 Å². The Morgan fingerprint density at radius 1 is 1.18 bits per heavy atom. The Bertz CT molecular complexity index is 489. The monoisotopic (exact) mass is 247 g/mol. The van der Waals surface area contributed by atoms with Gasteiger partial charge >= 0.3 is 0 Å². The van der Waals surface area contributed by atoms with Crippen LogP contribution in [0.1, 0.15) is 24.3 Å². The zero-order valence-corrected chi connectivity index (χ0v) is 10.2. The number of nitrogens with one attached hydrogen (secondary N) is 1. The first-order valence-corrected chi connectivity index (χ1v) is 6.80. The molecule has 0 aliphatic heterocycles. The average Bonchev–Trinajstić information content (AvgIpc) is 2.77. The minimum absolute atomic E-state index is 0.0634. The van der Waals surface area contributed by atoms with Gasteiger partial charge in [-0.3, -0.25) is 0 Å². The fourth-order valence-electron chi connectivity index (χ4n) is 2.38. The number of rotatable bonds is 3. The second-order valence-electron chi connectivity index (χ2n) is 4.54. The third-order valence-electron chi connectivity index (χ3n) is 3.38. The van der Waals surface area contributed by atoms with Crippen molar-refractivity contribution >= 4 is 17.0 Å². The Morgan fingerprint density at radius 3 is 2.71 bits per heavy atom. The lowest BCUT2D eigenvalue weighted by Crippen LogP contribution is -2.34. The molecular weight excluding hydrogens is 233 g/mol. The summed E-state index contributed by atoms with van der Waals surface area (Å²) < 4.78 is 13.5. The van der Waals surface area contributed by atoms with Gasteiger partial charge in [0.15, 0.2) is 0 Å².